The molecule has 0 aromatic heterocycles. The van der Waals surface area contributed by atoms with Crippen LogP contribution in [0.25, 0.3) is 0 Å². The molecule has 0 spiro atoms. The number of unbranched alkanes of at least 4 members (excludes halogenated alkanes) is 2. The van der Waals surface area contributed by atoms with Gasteiger partial charge in [-0.2, -0.15) is 5.26 Å². The van der Waals surface area contributed by atoms with Gasteiger partial charge in [0.1, 0.15) is 0 Å². The number of halogens is 1. The van der Waals surface area contributed by atoms with Crippen molar-refractivity contribution in [1.82, 2.24) is 0 Å². The van der Waals surface area contributed by atoms with E-state index in [9.17, 15) is 0 Å². The summed E-state index contributed by atoms with van der Waals surface area (Å²) in [5.74, 6) is 0.0344. The molecule has 0 heterocycles. The van der Waals surface area contributed by atoms with E-state index < -0.39 is 0 Å². The van der Waals surface area contributed by atoms with Gasteiger partial charge in [-0.3, -0.25) is 0 Å². The predicted octanol–water partition coefficient (Wildman–Crippen LogP) is 4.64. The summed E-state index contributed by atoms with van der Waals surface area (Å²) in [6.45, 7) is 2.18. The Bertz CT molecular complexity index is 341. The lowest BCUT2D eigenvalue weighted by Crippen LogP contribution is -1.96. The van der Waals surface area contributed by atoms with Crippen LogP contribution in [0.15, 0.2) is 28.7 Å². The first-order valence-corrected chi connectivity index (χ1v) is 6.23. The molecule has 1 rings (SSSR count). The van der Waals surface area contributed by atoms with Crippen LogP contribution in [0, 0.1) is 11.3 Å². The largest absolute Gasteiger partial charge is 0.198 e. The topological polar surface area (TPSA) is 23.8 Å². The van der Waals surface area contributed by atoms with Crippen LogP contribution in [0.1, 0.15) is 44.1 Å². The van der Waals surface area contributed by atoms with E-state index in [1.54, 1.807) is 0 Å². The van der Waals surface area contributed by atoms with E-state index in [2.05, 4.69) is 28.9 Å². The molecule has 0 radical (unpaired) electrons. The number of hydrogen-bond donors (Lipinski definition) is 0. The Kier molecular flexibility index (Phi) is 5.42. The Morgan fingerprint density at radius 2 is 2.07 bits per heavy atom. The highest BCUT2D eigenvalue weighted by Crippen LogP contribution is 2.28. The molecule has 0 aliphatic carbocycles. The van der Waals surface area contributed by atoms with Gasteiger partial charge in [0, 0.05) is 4.47 Å². The summed E-state index contributed by atoms with van der Waals surface area (Å²) in [4.78, 5) is 0. The maximum Gasteiger partial charge on any atom is 0.0723 e. The third kappa shape index (κ3) is 3.68. The van der Waals surface area contributed by atoms with Crippen molar-refractivity contribution in [2.75, 3.05) is 0 Å². The molecule has 1 nitrogen and oxygen atoms in total. The van der Waals surface area contributed by atoms with Crippen LogP contribution in [0.2, 0.25) is 0 Å². The Labute approximate surface area is 100 Å². The quantitative estimate of drug-likeness (QED) is 0.712. The molecular formula is C13H16BrN. The lowest BCUT2D eigenvalue weighted by Gasteiger charge is -2.10. The van der Waals surface area contributed by atoms with Crippen LogP contribution >= 0.6 is 15.9 Å². The van der Waals surface area contributed by atoms with Crippen molar-refractivity contribution in [2.45, 2.75) is 38.5 Å². The monoisotopic (exact) mass is 265 g/mol. The molecule has 15 heavy (non-hydrogen) atoms. The van der Waals surface area contributed by atoms with Gasteiger partial charge in [-0.05, 0) is 18.1 Å². The van der Waals surface area contributed by atoms with Crippen molar-refractivity contribution in [3.63, 3.8) is 0 Å². The van der Waals surface area contributed by atoms with E-state index in [0.29, 0.717) is 0 Å². The third-order valence-electron chi connectivity index (χ3n) is 2.53. The zero-order valence-corrected chi connectivity index (χ0v) is 10.6. The smallest absolute Gasteiger partial charge is 0.0723 e. The fourth-order valence-corrected chi connectivity index (χ4v) is 2.21. The average molecular weight is 266 g/mol. The van der Waals surface area contributed by atoms with Gasteiger partial charge in [0.05, 0.1) is 12.0 Å². The Morgan fingerprint density at radius 3 is 2.67 bits per heavy atom. The summed E-state index contributed by atoms with van der Waals surface area (Å²) in [7, 11) is 0. The molecule has 1 aromatic rings. The van der Waals surface area contributed by atoms with Crippen LogP contribution in [0.3, 0.4) is 0 Å². The Hall–Kier alpha value is -0.810. The van der Waals surface area contributed by atoms with Crippen LogP contribution < -0.4 is 0 Å². The number of hydrogen-bond acceptors (Lipinski definition) is 1. The second-order valence-electron chi connectivity index (χ2n) is 3.70. The number of rotatable bonds is 5. The van der Waals surface area contributed by atoms with Gasteiger partial charge in [-0.15, -0.1) is 0 Å². The average Bonchev–Trinajstić information content (AvgIpc) is 2.26. The maximum absolute atomic E-state index is 9.13. The summed E-state index contributed by atoms with van der Waals surface area (Å²) >= 11 is 3.50. The van der Waals surface area contributed by atoms with Crippen molar-refractivity contribution in [3.05, 3.63) is 34.3 Å². The lowest BCUT2D eigenvalue weighted by molar-refractivity contribution is 0.633. The molecule has 0 aliphatic heterocycles. The number of nitrogens with zero attached hydrogens (tertiary/aromatic N) is 1. The third-order valence-corrected chi connectivity index (χ3v) is 3.25. The predicted molar refractivity (Wildman–Crippen MR) is 66.6 cm³/mol. The van der Waals surface area contributed by atoms with Crippen LogP contribution in [0.4, 0.5) is 0 Å². The van der Waals surface area contributed by atoms with Crippen molar-refractivity contribution >= 4 is 15.9 Å². The Balaban J connectivity index is 2.67. The van der Waals surface area contributed by atoms with Crippen LogP contribution in [-0.4, -0.2) is 0 Å². The van der Waals surface area contributed by atoms with Crippen molar-refractivity contribution in [2.24, 2.45) is 0 Å². The first kappa shape index (κ1) is 12.3. The molecule has 0 amide bonds. The molecule has 80 valence electrons. The van der Waals surface area contributed by atoms with Gasteiger partial charge >= 0.3 is 0 Å². The van der Waals surface area contributed by atoms with Gasteiger partial charge in [0.2, 0.25) is 0 Å². The molecule has 1 atom stereocenters. The van der Waals surface area contributed by atoms with Gasteiger partial charge < -0.3 is 0 Å². The molecule has 0 saturated carbocycles. The van der Waals surface area contributed by atoms with Gasteiger partial charge in [-0.25, -0.2) is 0 Å². The van der Waals surface area contributed by atoms with E-state index in [0.717, 1.165) is 22.9 Å². The summed E-state index contributed by atoms with van der Waals surface area (Å²) in [6, 6.07) is 10.4. The molecule has 0 unspecified atom stereocenters. The second-order valence-corrected chi connectivity index (χ2v) is 4.55. The minimum atomic E-state index is 0.0344. The van der Waals surface area contributed by atoms with Gasteiger partial charge in [0.25, 0.3) is 0 Å². The summed E-state index contributed by atoms with van der Waals surface area (Å²) in [6.07, 6.45) is 4.51. The van der Waals surface area contributed by atoms with E-state index in [-0.39, 0.29) is 5.92 Å². The standard InChI is InChI=1S/C13H16BrN/c1-2-3-4-7-11(10-15)12-8-5-6-9-13(12)14/h5-6,8-9,11H,2-4,7H2,1H3/t11-/m0/s1. The summed E-state index contributed by atoms with van der Waals surface area (Å²) < 4.78 is 1.05. The van der Waals surface area contributed by atoms with E-state index in [1.165, 1.54) is 12.8 Å². The van der Waals surface area contributed by atoms with Crippen LogP contribution in [0.5, 0.6) is 0 Å². The normalized spacial score (nSPS) is 12.1. The molecule has 0 aliphatic rings. The van der Waals surface area contributed by atoms with Gasteiger partial charge in [0.15, 0.2) is 0 Å². The van der Waals surface area contributed by atoms with E-state index in [4.69, 9.17) is 5.26 Å². The Morgan fingerprint density at radius 1 is 1.33 bits per heavy atom. The highest BCUT2D eigenvalue weighted by Gasteiger charge is 2.12. The molecule has 2 heteroatoms. The second kappa shape index (κ2) is 6.63. The molecule has 0 N–H and O–H groups in total. The highest BCUT2D eigenvalue weighted by atomic mass is 79.9. The van der Waals surface area contributed by atoms with Crippen molar-refractivity contribution < 1.29 is 0 Å². The zero-order chi connectivity index (χ0) is 11.1. The van der Waals surface area contributed by atoms with E-state index in [1.807, 2.05) is 24.3 Å². The maximum atomic E-state index is 9.13. The fourth-order valence-electron chi connectivity index (χ4n) is 1.65. The lowest BCUT2D eigenvalue weighted by atomic mass is 9.95. The molecule has 0 saturated heterocycles. The molecular weight excluding hydrogens is 250 g/mol. The minimum Gasteiger partial charge on any atom is -0.198 e. The summed E-state index contributed by atoms with van der Waals surface area (Å²) in [5, 5.41) is 9.13. The van der Waals surface area contributed by atoms with Crippen LogP contribution in [-0.2, 0) is 0 Å². The summed E-state index contributed by atoms with van der Waals surface area (Å²) in [5.41, 5.74) is 1.12. The molecule has 1 aromatic carbocycles. The molecule has 0 bridgehead atoms. The number of nitriles is 1. The van der Waals surface area contributed by atoms with Crippen molar-refractivity contribution in [1.29, 1.82) is 5.26 Å². The van der Waals surface area contributed by atoms with Crippen molar-refractivity contribution in [3.8, 4) is 6.07 Å². The number of benzene rings is 1. The zero-order valence-electron chi connectivity index (χ0n) is 9.04. The molecule has 0 fully saturated rings. The van der Waals surface area contributed by atoms with Gasteiger partial charge in [-0.1, -0.05) is 60.3 Å². The van der Waals surface area contributed by atoms with E-state index >= 15 is 0 Å². The SMILES string of the molecule is CCCCC[C@@H](C#N)c1ccccc1Br. The highest BCUT2D eigenvalue weighted by molar-refractivity contribution is 9.10. The fraction of sp³-hybridized carbons (Fsp3) is 0.462. The minimum absolute atomic E-state index is 0.0344. The first-order valence-electron chi connectivity index (χ1n) is 5.43. The first-order chi connectivity index (χ1) is 7.29.